The van der Waals surface area contributed by atoms with Crippen molar-refractivity contribution in [3.8, 4) is 0 Å². The van der Waals surface area contributed by atoms with E-state index in [9.17, 15) is 4.79 Å². The second kappa shape index (κ2) is 9.71. The van der Waals surface area contributed by atoms with E-state index in [1.165, 1.54) is 6.33 Å². The summed E-state index contributed by atoms with van der Waals surface area (Å²) in [5.41, 5.74) is 0.826. The zero-order chi connectivity index (χ0) is 24.0. The number of likely N-dealkylation sites (tertiary alicyclic amines) is 1. The number of hydrogen-bond donors (Lipinski definition) is 0. The van der Waals surface area contributed by atoms with Crippen LogP contribution in [0.4, 0.5) is 4.79 Å². The van der Waals surface area contributed by atoms with Crippen LogP contribution in [0.5, 0.6) is 0 Å². The average Bonchev–Trinajstić information content (AvgIpc) is 3.42. The van der Waals surface area contributed by atoms with Crippen LogP contribution in [0, 0.1) is 15.4 Å². The molecule has 2 aliphatic heterocycles. The Morgan fingerprint density at radius 3 is 2.91 bits per heavy atom. The summed E-state index contributed by atoms with van der Waals surface area (Å²) in [6.45, 7) is 8.00. The van der Waals surface area contributed by atoms with Crippen molar-refractivity contribution in [2.45, 2.75) is 76.9 Å². The molecule has 10 heteroatoms. The predicted molar refractivity (Wildman–Crippen MR) is 137 cm³/mol. The van der Waals surface area contributed by atoms with E-state index in [0.29, 0.717) is 24.2 Å². The Labute approximate surface area is 218 Å². The summed E-state index contributed by atoms with van der Waals surface area (Å²) in [7, 11) is 0. The zero-order valence-corrected chi connectivity index (χ0v) is 22.8. The minimum absolute atomic E-state index is 0.0338. The van der Waals surface area contributed by atoms with E-state index < -0.39 is 5.79 Å². The number of aromatic nitrogens is 3. The molecule has 5 atom stereocenters. The molecule has 2 unspecified atom stereocenters. The number of nitrogens with zero attached hydrogens (tertiary/aromatic N) is 4. The van der Waals surface area contributed by atoms with Crippen molar-refractivity contribution in [1.82, 2.24) is 19.4 Å². The second-order valence-corrected chi connectivity index (χ2v) is 11.6. The lowest BCUT2D eigenvalue weighted by molar-refractivity contribution is -0.163. The maximum Gasteiger partial charge on any atom is 0.409 e. The van der Waals surface area contributed by atoms with Gasteiger partial charge in [-0.3, -0.25) is 0 Å². The van der Waals surface area contributed by atoms with Crippen molar-refractivity contribution >= 4 is 51.3 Å². The van der Waals surface area contributed by atoms with Crippen molar-refractivity contribution < 1.29 is 19.0 Å². The number of fused-ring (bicyclic) bond motifs is 2. The first-order valence-corrected chi connectivity index (χ1v) is 13.7. The van der Waals surface area contributed by atoms with Crippen LogP contribution in [-0.4, -0.2) is 63.2 Å². The van der Waals surface area contributed by atoms with Gasteiger partial charge in [0.25, 0.3) is 0 Å². The number of carbonyl (C=O) groups is 1. The highest BCUT2D eigenvalue weighted by Crippen LogP contribution is 2.51. The van der Waals surface area contributed by atoms with Crippen molar-refractivity contribution in [3.63, 3.8) is 0 Å². The van der Waals surface area contributed by atoms with Crippen molar-refractivity contribution in [2.75, 3.05) is 19.7 Å². The van der Waals surface area contributed by atoms with E-state index in [0.717, 1.165) is 53.3 Å². The van der Waals surface area contributed by atoms with Gasteiger partial charge in [-0.25, -0.2) is 14.8 Å². The summed E-state index contributed by atoms with van der Waals surface area (Å²) in [4.78, 5) is 23.3. The van der Waals surface area contributed by atoms with Gasteiger partial charge in [-0.2, -0.15) is 0 Å². The fraction of sp³-hybridized carbons (Fsp3) is 0.708. The molecule has 34 heavy (non-hydrogen) atoms. The Morgan fingerprint density at radius 1 is 1.32 bits per heavy atom. The molecule has 0 N–H and O–H groups in total. The van der Waals surface area contributed by atoms with E-state index in [4.69, 9.17) is 25.8 Å². The zero-order valence-electron chi connectivity index (χ0n) is 19.9. The number of halogens is 2. The molecule has 3 aliphatic rings. The molecular weight excluding hydrogens is 571 g/mol. The van der Waals surface area contributed by atoms with Crippen LogP contribution in [0.2, 0.25) is 5.15 Å². The third kappa shape index (κ3) is 4.53. The van der Waals surface area contributed by atoms with Crippen LogP contribution in [0.25, 0.3) is 11.0 Å². The number of unbranched alkanes of at least 4 members (excludes halogenated alkanes) is 1. The Balaban J connectivity index is 1.40. The standard InChI is InChI=1S/C24H32ClIN4O4/c1-4-5-9-32-23(31)29-8-6-7-14(11-29)15-10-17(20-19(15)33-24(2,3)34-20)30-12-16(26)18-21(25)27-13-28-22(18)30/h12-15,17,19-20H,4-11H2,1-3H3/t14?,15?,17-,19-,20+/m1/s1. The first-order valence-electron chi connectivity index (χ1n) is 12.2. The molecule has 0 radical (unpaired) electrons. The van der Waals surface area contributed by atoms with Gasteiger partial charge in [0, 0.05) is 22.9 Å². The SMILES string of the molecule is CCCCOC(=O)N1CCCC(C2C[C@@H](n3cc(I)c4c(Cl)ncnc43)[C@@H]3OC(C)(C)O[C@H]23)C1. The third-order valence-corrected chi connectivity index (χ3v) is 8.50. The smallest absolute Gasteiger partial charge is 0.409 e. The molecule has 5 rings (SSSR count). The number of ether oxygens (including phenoxy) is 3. The van der Waals surface area contributed by atoms with E-state index in [-0.39, 0.29) is 30.3 Å². The van der Waals surface area contributed by atoms with Crippen LogP contribution in [0.15, 0.2) is 12.5 Å². The fourth-order valence-corrected chi connectivity index (χ4v) is 7.09. The molecule has 3 fully saturated rings. The van der Waals surface area contributed by atoms with Crippen LogP contribution in [0.1, 0.15) is 58.9 Å². The number of carbonyl (C=O) groups excluding carboxylic acids is 1. The van der Waals surface area contributed by atoms with Gasteiger partial charge in [-0.05, 0) is 74.0 Å². The second-order valence-electron chi connectivity index (χ2n) is 10.1. The normalized spacial score (nSPS) is 30.6. The molecule has 0 bridgehead atoms. The molecule has 0 aromatic carbocycles. The molecule has 2 aromatic heterocycles. The van der Waals surface area contributed by atoms with E-state index in [1.807, 2.05) is 18.7 Å². The molecule has 2 saturated heterocycles. The topological polar surface area (TPSA) is 78.7 Å². The van der Waals surface area contributed by atoms with Gasteiger partial charge < -0.3 is 23.7 Å². The van der Waals surface area contributed by atoms with E-state index in [1.54, 1.807) is 0 Å². The third-order valence-electron chi connectivity index (χ3n) is 7.40. The van der Waals surface area contributed by atoms with Crippen LogP contribution in [0.3, 0.4) is 0 Å². The van der Waals surface area contributed by atoms with Gasteiger partial charge in [-0.1, -0.05) is 24.9 Å². The lowest BCUT2D eigenvalue weighted by Crippen LogP contribution is -2.44. The predicted octanol–water partition coefficient (Wildman–Crippen LogP) is 5.42. The molecule has 1 amide bonds. The molecule has 4 heterocycles. The fourth-order valence-electron chi connectivity index (χ4n) is 5.90. The minimum Gasteiger partial charge on any atom is -0.449 e. The van der Waals surface area contributed by atoms with Crippen molar-refractivity contribution in [2.24, 2.45) is 11.8 Å². The van der Waals surface area contributed by atoms with Gasteiger partial charge >= 0.3 is 6.09 Å². The van der Waals surface area contributed by atoms with Crippen LogP contribution < -0.4 is 0 Å². The summed E-state index contributed by atoms with van der Waals surface area (Å²) < 4.78 is 21.7. The average molecular weight is 603 g/mol. The Morgan fingerprint density at radius 2 is 2.12 bits per heavy atom. The van der Waals surface area contributed by atoms with Crippen LogP contribution in [-0.2, 0) is 14.2 Å². The quantitative estimate of drug-likeness (QED) is 0.258. The largest absolute Gasteiger partial charge is 0.449 e. The molecule has 1 aliphatic carbocycles. The number of rotatable bonds is 5. The van der Waals surface area contributed by atoms with E-state index >= 15 is 0 Å². The lowest BCUT2D eigenvalue weighted by atomic mass is 9.83. The maximum absolute atomic E-state index is 12.6. The highest BCUT2D eigenvalue weighted by Gasteiger charge is 2.56. The van der Waals surface area contributed by atoms with E-state index in [2.05, 4.69) is 50.2 Å². The summed E-state index contributed by atoms with van der Waals surface area (Å²) in [5.74, 6) is -0.0420. The summed E-state index contributed by atoms with van der Waals surface area (Å²) in [5, 5.41) is 1.34. The molecule has 186 valence electrons. The van der Waals surface area contributed by atoms with Gasteiger partial charge in [0.05, 0.1) is 24.1 Å². The van der Waals surface area contributed by atoms with Gasteiger partial charge in [-0.15, -0.1) is 0 Å². The van der Waals surface area contributed by atoms with Crippen LogP contribution >= 0.6 is 34.2 Å². The van der Waals surface area contributed by atoms with Gasteiger partial charge in [0.2, 0.25) is 0 Å². The Bertz CT molecular complexity index is 1060. The Hall–Kier alpha value is -1.17. The van der Waals surface area contributed by atoms with Gasteiger partial charge in [0.1, 0.15) is 23.2 Å². The monoisotopic (exact) mass is 602 g/mol. The highest BCUT2D eigenvalue weighted by atomic mass is 127. The van der Waals surface area contributed by atoms with Crippen molar-refractivity contribution in [1.29, 1.82) is 0 Å². The first kappa shape index (κ1) is 24.5. The lowest BCUT2D eigenvalue weighted by Gasteiger charge is -2.37. The summed E-state index contributed by atoms with van der Waals surface area (Å²) >= 11 is 8.70. The maximum atomic E-state index is 12.6. The Kier molecular flexibility index (Phi) is 7.00. The van der Waals surface area contributed by atoms with Gasteiger partial charge in [0.15, 0.2) is 5.79 Å². The number of piperidine rings is 1. The molecule has 8 nitrogen and oxygen atoms in total. The highest BCUT2D eigenvalue weighted by molar-refractivity contribution is 14.1. The molecular formula is C24H32ClIN4O4. The molecule has 0 spiro atoms. The number of hydrogen-bond acceptors (Lipinski definition) is 6. The van der Waals surface area contributed by atoms with Crippen molar-refractivity contribution in [3.05, 3.63) is 21.2 Å². The first-order chi connectivity index (χ1) is 16.3. The molecule has 1 saturated carbocycles. The summed E-state index contributed by atoms with van der Waals surface area (Å²) in [6.07, 6.45) is 8.16. The minimum atomic E-state index is -0.650. The summed E-state index contributed by atoms with van der Waals surface area (Å²) in [6, 6.07) is 0.0700. The molecule has 2 aromatic rings. The number of amides is 1.